The Hall–Kier alpha value is -1.12. The van der Waals surface area contributed by atoms with E-state index < -0.39 is 0 Å². The maximum absolute atomic E-state index is 11.1. The molecule has 0 unspecified atom stereocenters. The molecule has 0 spiro atoms. The van der Waals surface area contributed by atoms with E-state index in [4.69, 9.17) is 0 Å². The van der Waals surface area contributed by atoms with E-state index in [-0.39, 0.29) is 18.1 Å². The minimum absolute atomic E-state index is 0.0319. The molecule has 1 amide bonds. The number of carbonyl (C=O) groups is 2. The van der Waals surface area contributed by atoms with Gasteiger partial charge in [-0.3, -0.25) is 9.59 Å². The summed E-state index contributed by atoms with van der Waals surface area (Å²) in [6, 6.07) is 0. The second-order valence-corrected chi connectivity index (χ2v) is 2.61. The van der Waals surface area contributed by atoms with Gasteiger partial charge in [0.1, 0.15) is 0 Å². The van der Waals surface area contributed by atoms with E-state index in [0.29, 0.717) is 6.42 Å². The van der Waals surface area contributed by atoms with Crippen LogP contribution in [0.1, 0.15) is 19.8 Å². The fraction of sp³-hybridized carbons (Fsp3) is 0.500. The first-order valence-corrected chi connectivity index (χ1v) is 3.64. The van der Waals surface area contributed by atoms with Crippen LogP contribution >= 0.6 is 0 Å². The summed E-state index contributed by atoms with van der Waals surface area (Å²) in [5.41, 5.74) is 0.743. The van der Waals surface area contributed by atoms with Gasteiger partial charge in [-0.1, -0.05) is 6.92 Å². The highest BCUT2D eigenvalue weighted by Gasteiger charge is 2.21. The number of hydrogen-bond acceptors (Lipinski definition) is 2. The van der Waals surface area contributed by atoms with Crippen LogP contribution in [0.25, 0.3) is 0 Å². The fourth-order valence-corrected chi connectivity index (χ4v) is 1.04. The molecule has 1 aliphatic heterocycles. The average Bonchev–Trinajstić information content (AvgIpc) is 1.97. The first-order valence-electron chi connectivity index (χ1n) is 3.64. The van der Waals surface area contributed by atoms with Gasteiger partial charge in [-0.2, -0.15) is 0 Å². The summed E-state index contributed by atoms with van der Waals surface area (Å²) in [6.07, 6.45) is 2.36. The predicted octanol–water partition coefficient (Wildman–Crippen LogP) is 0.712. The Morgan fingerprint density at radius 3 is 2.73 bits per heavy atom. The number of ketones is 1. The molecule has 11 heavy (non-hydrogen) atoms. The molecule has 1 heterocycles. The fourth-order valence-electron chi connectivity index (χ4n) is 1.04. The number of hydrogen-bond donors (Lipinski definition) is 0. The number of allylic oxidation sites excluding steroid dienone is 1. The van der Waals surface area contributed by atoms with Gasteiger partial charge in [0.05, 0.1) is 6.42 Å². The standard InChI is InChI=1S/C8H11NO2/c1-3-6-5-9(2)8(11)4-7(6)10/h5H,3-4H2,1-2H3. The smallest absolute Gasteiger partial charge is 0.234 e. The van der Waals surface area contributed by atoms with Crippen molar-refractivity contribution in [3.63, 3.8) is 0 Å². The van der Waals surface area contributed by atoms with E-state index in [9.17, 15) is 9.59 Å². The van der Waals surface area contributed by atoms with Crippen molar-refractivity contribution in [3.05, 3.63) is 11.8 Å². The molecule has 0 aromatic heterocycles. The monoisotopic (exact) mass is 153 g/mol. The quantitative estimate of drug-likeness (QED) is 0.520. The molecule has 3 nitrogen and oxygen atoms in total. The van der Waals surface area contributed by atoms with Gasteiger partial charge in [-0.15, -0.1) is 0 Å². The van der Waals surface area contributed by atoms with E-state index in [1.807, 2.05) is 6.92 Å². The maximum atomic E-state index is 11.1. The van der Waals surface area contributed by atoms with Crippen molar-refractivity contribution in [2.75, 3.05) is 7.05 Å². The molecule has 0 aromatic rings. The van der Waals surface area contributed by atoms with Gasteiger partial charge in [0.2, 0.25) is 5.91 Å². The minimum Gasteiger partial charge on any atom is -0.321 e. The van der Waals surface area contributed by atoms with Crippen LogP contribution in [0.2, 0.25) is 0 Å². The van der Waals surface area contributed by atoms with E-state index in [1.165, 1.54) is 4.90 Å². The highest BCUT2D eigenvalue weighted by Crippen LogP contribution is 2.13. The van der Waals surface area contributed by atoms with E-state index in [1.54, 1.807) is 13.2 Å². The number of Topliss-reactive ketones (excluding diaryl/α,β-unsaturated/α-hetero) is 1. The van der Waals surface area contributed by atoms with Crippen LogP contribution in [0.3, 0.4) is 0 Å². The van der Waals surface area contributed by atoms with E-state index in [2.05, 4.69) is 0 Å². The molecule has 0 radical (unpaired) electrons. The lowest BCUT2D eigenvalue weighted by atomic mass is 10.0. The molecule has 0 N–H and O–H groups in total. The first kappa shape index (κ1) is 7.98. The van der Waals surface area contributed by atoms with Crippen molar-refractivity contribution in [3.8, 4) is 0 Å². The third-order valence-electron chi connectivity index (χ3n) is 1.79. The van der Waals surface area contributed by atoms with Crippen molar-refractivity contribution in [2.45, 2.75) is 19.8 Å². The molecule has 0 aromatic carbocycles. The zero-order chi connectivity index (χ0) is 8.43. The van der Waals surface area contributed by atoms with Crippen LogP contribution in [-0.4, -0.2) is 23.6 Å². The van der Waals surface area contributed by atoms with Crippen molar-refractivity contribution in [1.82, 2.24) is 4.90 Å². The summed E-state index contributed by atoms with van der Waals surface area (Å²) in [5, 5.41) is 0. The van der Waals surface area contributed by atoms with Gasteiger partial charge in [0.15, 0.2) is 5.78 Å². The molecule has 3 heteroatoms. The van der Waals surface area contributed by atoms with Crippen molar-refractivity contribution < 1.29 is 9.59 Å². The van der Waals surface area contributed by atoms with E-state index in [0.717, 1.165) is 5.57 Å². The molecule has 0 aliphatic carbocycles. The van der Waals surface area contributed by atoms with Gasteiger partial charge in [-0.05, 0) is 6.42 Å². The Bertz CT molecular complexity index is 230. The second-order valence-electron chi connectivity index (χ2n) is 2.61. The maximum Gasteiger partial charge on any atom is 0.234 e. The van der Waals surface area contributed by atoms with Crippen molar-refractivity contribution in [2.24, 2.45) is 0 Å². The van der Waals surface area contributed by atoms with Crippen LogP contribution in [0.5, 0.6) is 0 Å². The number of carbonyl (C=O) groups excluding carboxylic acids is 2. The highest BCUT2D eigenvalue weighted by atomic mass is 16.2. The van der Waals surface area contributed by atoms with Crippen molar-refractivity contribution in [1.29, 1.82) is 0 Å². The normalized spacial score (nSPS) is 18.7. The highest BCUT2D eigenvalue weighted by molar-refractivity contribution is 6.09. The summed E-state index contributed by atoms with van der Waals surface area (Å²) >= 11 is 0. The molecule has 0 atom stereocenters. The molecule has 0 fully saturated rings. The molecule has 1 aliphatic rings. The number of amides is 1. The molecule has 0 saturated carbocycles. The summed E-state index contributed by atoms with van der Waals surface area (Å²) in [6.45, 7) is 1.91. The Kier molecular flexibility index (Phi) is 2.08. The molecule has 0 saturated heterocycles. The van der Waals surface area contributed by atoms with Crippen LogP contribution in [0.15, 0.2) is 11.8 Å². The topological polar surface area (TPSA) is 37.4 Å². The summed E-state index contributed by atoms with van der Waals surface area (Å²) in [5.74, 6) is -0.150. The Labute approximate surface area is 65.7 Å². The molecular formula is C8H11NO2. The lowest BCUT2D eigenvalue weighted by Gasteiger charge is -2.18. The van der Waals surface area contributed by atoms with Gasteiger partial charge in [-0.25, -0.2) is 0 Å². The number of rotatable bonds is 1. The summed E-state index contributed by atoms with van der Waals surface area (Å²) < 4.78 is 0. The van der Waals surface area contributed by atoms with E-state index >= 15 is 0 Å². The molecule has 0 bridgehead atoms. The lowest BCUT2D eigenvalue weighted by Crippen LogP contribution is -2.29. The summed E-state index contributed by atoms with van der Waals surface area (Å²) in [4.78, 5) is 23.5. The van der Waals surface area contributed by atoms with Gasteiger partial charge in [0, 0.05) is 18.8 Å². The first-order chi connectivity index (χ1) is 5.15. The van der Waals surface area contributed by atoms with Crippen LogP contribution < -0.4 is 0 Å². The zero-order valence-electron chi connectivity index (χ0n) is 6.76. The molecule has 60 valence electrons. The van der Waals surface area contributed by atoms with Crippen molar-refractivity contribution >= 4 is 11.7 Å². The zero-order valence-corrected chi connectivity index (χ0v) is 6.76. The SMILES string of the molecule is CCC1=CN(C)C(=O)CC1=O. The Morgan fingerprint density at radius 2 is 2.18 bits per heavy atom. The minimum atomic E-state index is -0.118. The van der Waals surface area contributed by atoms with Crippen LogP contribution in [0.4, 0.5) is 0 Å². The molecular weight excluding hydrogens is 142 g/mol. The number of nitrogens with zero attached hydrogens (tertiary/aromatic N) is 1. The third-order valence-corrected chi connectivity index (χ3v) is 1.79. The Morgan fingerprint density at radius 1 is 1.55 bits per heavy atom. The molecule has 1 rings (SSSR count). The van der Waals surface area contributed by atoms with Gasteiger partial charge in [0.25, 0.3) is 0 Å². The summed E-state index contributed by atoms with van der Waals surface area (Å²) in [7, 11) is 1.67. The largest absolute Gasteiger partial charge is 0.321 e. The van der Waals surface area contributed by atoms with Crippen LogP contribution in [-0.2, 0) is 9.59 Å². The van der Waals surface area contributed by atoms with Gasteiger partial charge >= 0.3 is 0 Å². The van der Waals surface area contributed by atoms with Crippen LogP contribution in [0, 0.1) is 0 Å². The predicted molar refractivity (Wildman–Crippen MR) is 40.8 cm³/mol. The average molecular weight is 153 g/mol. The van der Waals surface area contributed by atoms with Gasteiger partial charge < -0.3 is 4.90 Å². The second kappa shape index (κ2) is 2.86. The third kappa shape index (κ3) is 1.48. The lowest BCUT2D eigenvalue weighted by molar-refractivity contribution is -0.132. The Balaban J connectivity index is 2.87.